The van der Waals surface area contributed by atoms with E-state index in [9.17, 15) is 9.59 Å². The molecule has 1 aromatic heterocycles. The Balaban J connectivity index is 1.45. The minimum Gasteiger partial charge on any atom is -0.368 e. The average molecular weight is 453 g/mol. The summed E-state index contributed by atoms with van der Waals surface area (Å²) in [6.07, 6.45) is 0.293. The van der Waals surface area contributed by atoms with Crippen molar-refractivity contribution in [2.75, 3.05) is 31.1 Å². The van der Waals surface area contributed by atoms with Crippen LogP contribution in [0.4, 0.5) is 5.69 Å². The third-order valence-electron chi connectivity index (χ3n) is 6.42. The van der Waals surface area contributed by atoms with Gasteiger partial charge in [-0.2, -0.15) is 0 Å². The molecule has 7 heteroatoms. The van der Waals surface area contributed by atoms with Gasteiger partial charge < -0.3 is 14.4 Å². The topological polar surface area (TPSA) is 58.4 Å². The molecule has 0 spiro atoms. The molecule has 32 heavy (non-hydrogen) atoms. The smallest absolute Gasteiger partial charge is 0.272 e. The largest absolute Gasteiger partial charge is 0.368 e. The Morgan fingerprint density at radius 3 is 2.38 bits per heavy atom. The van der Waals surface area contributed by atoms with Gasteiger partial charge in [0.05, 0.1) is 11.0 Å². The number of nitrogens with zero attached hydrogens (tertiary/aromatic N) is 4. The second-order valence-corrected chi connectivity index (χ2v) is 9.06. The van der Waals surface area contributed by atoms with Crippen LogP contribution in [0.1, 0.15) is 28.8 Å². The Kier molecular flexibility index (Phi) is 6.24. The van der Waals surface area contributed by atoms with Gasteiger partial charge in [0.15, 0.2) is 0 Å². The number of piperazine rings is 1. The van der Waals surface area contributed by atoms with Gasteiger partial charge in [0, 0.05) is 49.9 Å². The first kappa shape index (κ1) is 22.3. The van der Waals surface area contributed by atoms with Crippen LogP contribution in [0, 0.1) is 27.7 Å². The van der Waals surface area contributed by atoms with E-state index in [1.165, 1.54) is 5.56 Å². The van der Waals surface area contributed by atoms with E-state index in [4.69, 9.17) is 11.6 Å². The Bertz CT molecular complexity index is 1240. The van der Waals surface area contributed by atoms with Gasteiger partial charge in [-0.3, -0.25) is 9.59 Å². The fourth-order valence-corrected chi connectivity index (χ4v) is 4.50. The van der Waals surface area contributed by atoms with E-state index in [2.05, 4.69) is 16.8 Å². The zero-order valence-corrected chi connectivity index (χ0v) is 19.9. The molecule has 0 bridgehead atoms. The van der Waals surface area contributed by atoms with Crippen molar-refractivity contribution >= 4 is 34.2 Å². The minimum absolute atomic E-state index is 0.0748. The van der Waals surface area contributed by atoms with E-state index in [-0.39, 0.29) is 11.5 Å². The lowest BCUT2D eigenvalue weighted by atomic mass is 10.1. The Hall–Kier alpha value is -2.86. The van der Waals surface area contributed by atoms with Gasteiger partial charge in [0.2, 0.25) is 5.91 Å². The molecule has 0 unspecified atom stereocenters. The summed E-state index contributed by atoms with van der Waals surface area (Å²) < 4.78 is 1.70. The Morgan fingerprint density at radius 1 is 0.969 bits per heavy atom. The molecule has 1 saturated heterocycles. The molecule has 1 aliphatic rings. The van der Waals surface area contributed by atoms with Gasteiger partial charge in [-0.05, 0) is 68.7 Å². The van der Waals surface area contributed by atoms with Gasteiger partial charge in [0.1, 0.15) is 5.69 Å². The molecule has 1 fully saturated rings. The van der Waals surface area contributed by atoms with Crippen LogP contribution < -0.4 is 10.5 Å². The molecule has 168 valence electrons. The quantitative estimate of drug-likeness (QED) is 0.599. The molecule has 3 aromatic rings. The van der Waals surface area contributed by atoms with E-state index in [1.54, 1.807) is 11.5 Å². The van der Waals surface area contributed by atoms with Crippen molar-refractivity contribution in [1.29, 1.82) is 0 Å². The first-order valence-corrected chi connectivity index (χ1v) is 11.4. The van der Waals surface area contributed by atoms with Gasteiger partial charge in [-0.1, -0.05) is 17.7 Å². The van der Waals surface area contributed by atoms with Crippen molar-refractivity contribution in [3.8, 4) is 0 Å². The van der Waals surface area contributed by atoms with Crippen molar-refractivity contribution in [3.05, 3.63) is 68.1 Å². The molecule has 6 nitrogen and oxygen atoms in total. The minimum atomic E-state index is -0.130. The molecule has 0 saturated carbocycles. The SMILES string of the molecule is Cc1cc2nc(C)c(=O)n(CCC(=O)N3CCN(c4cc(Cl)ccc4C)CC3)c2cc1C. The first-order chi connectivity index (χ1) is 15.2. The lowest BCUT2D eigenvalue weighted by Crippen LogP contribution is -2.49. The highest BCUT2D eigenvalue weighted by Gasteiger charge is 2.22. The third-order valence-corrected chi connectivity index (χ3v) is 6.65. The summed E-state index contributed by atoms with van der Waals surface area (Å²) in [5, 5.41) is 0.722. The number of hydrogen-bond acceptors (Lipinski definition) is 4. The van der Waals surface area contributed by atoms with Crippen LogP contribution >= 0.6 is 11.6 Å². The second-order valence-electron chi connectivity index (χ2n) is 8.63. The summed E-state index contributed by atoms with van der Waals surface area (Å²) in [4.78, 5) is 34.4. The van der Waals surface area contributed by atoms with Crippen LogP contribution in [0.25, 0.3) is 11.0 Å². The van der Waals surface area contributed by atoms with Crippen molar-refractivity contribution in [2.24, 2.45) is 0 Å². The number of aromatic nitrogens is 2. The van der Waals surface area contributed by atoms with Crippen LogP contribution in [-0.2, 0) is 11.3 Å². The fourth-order valence-electron chi connectivity index (χ4n) is 4.33. The highest BCUT2D eigenvalue weighted by Crippen LogP contribution is 2.25. The zero-order valence-electron chi connectivity index (χ0n) is 19.1. The van der Waals surface area contributed by atoms with Crippen LogP contribution in [0.3, 0.4) is 0 Å². The molecular formula is C25H29ClN4O2. The first-order valence-electron chi connectivity index (χ1n) is 11.0. The highest BCUT2D eigenvalue weighted by molar-refractivity contribution is 6.30. The number of anilines is 1. The molecule has 4 rings (SSSR count). The molecular weight excluding hydrogens is 424 g/mol. The standard InChI is InChI=1S/C25H29ClN4O2/c1-16-5-6-20(26)15-22(16)28-9-11-29(12-10-28)24(31)7-8-30-23-14-18(3)17(2)13-21(23)27-19(4)25(30)32/h5-6,13-15H,7-12H2,1-4H3. The molecule has 0 atom stereocenters. The number of fused-ring (bicyclic) bond motifs is 1. The van der Waals surface area contributed by atoms with Gasteiger partial charge in [0.25, 0.3) is 5.56 Å². The van der Waals surface area contributed by atoms with Crippen molar-refractivity contribution in [1.82, 2.24) is 14.5 Å². The van der Waals surface area contributed by atoms with E-state index >= 15 is 0 Å². The van der Waals surface area contributed by atoms with Crippen molar-refractivity contribution < 1.29 is 4.79 Å². The summed E-state index contributed by atoms with van der Waals surface area (Å²) in [6, 6.07) is 9.91. The predicted octanol–water partition coefficient (Wildman–Crippen LogP) is 4.02. The molecule has 0 N–H and O–H groups in total. The second kappa shape index (κ2) is 8.94. The molecule has 0 aliphatic carbocycles. The van der Waals surface area contributed by atoms with Gasteiger partial charge >= 0.3 is 0 Å². The van der Waals surface area contributed by atoms with Crippen molar-refractivity contribution in [2.45, 2.75) is 40.7 Å². The fraction of sp³-hybridized carbons (Fsp3) is 0.400. The number of aryl methyl sites for hydroxylation is 5. The molecule has 2 aromatic carbocycles. The third kappa shape index (κ3) is 4.37. The van der Waals surface area contributed by atoms with Crippen molar-refractivity contribution in [3.63, 3.8) is 0 Å². The van der Waals surface area contributed by atoms with Crippen LogP contribution in [-0.4, -0.2) is 46.5 Å². The van der Waals surface area contributed by atoms with E-state index in [0.29, 0.717) is 31.7 Å². The lowest BCUT2D eigenvalue weighted by Gasteiger charge is -2.37. The molecule has 1 aliphatic heterocycles. The number of carbonyl (C=O) groups excluding carboxylic acids is 1. The monoisotopic (exact) mass is 452 g/mol. The summed E-state index contributed by atoms with van der Waals surface area (Å²) >= 11 is 6.17. The van der Waals surface area contributed by atoms with E-state index in [0.717, 1.165) is 46.0 Å². The summed E-state index contributed by atoms with van der Waals surface area (Å²) in [6.45, 7) is 11.1. The maximum Gasteiger partial charge on any atom is 0.272 e. The van der Waals surface area contributed by atoms with Crippen LogP contribution in [0.2, 0.25) is 5.02 Å². The summed E-state index contributed by atoms with van der Waals surface area (Å²) in [5.41, 5.74) is 6.46. The molecule has 2 heterocycles. The lowest BCUT2D eigenvalue weighted by molar-refractivity contribution is -0.131. The Morgan fingerprint density at radius 2 is 1.66 bits per heavy atom. The number of carbonyl (C=O) groups is 1. The average Bonchev–Trinajstić information content (AvgIpc) is 2.77. The maximum absolute atomic E-state index is 12.9. The molecule has 1 amide bonds. The van der Waals surface area contributed by atoms with Gasteiger partial charge in [-0.25, -0.2) is 4.98 Å². The summed E-state index contributed by atoms with van der Waals surface area (Å²) in [5.74, 6) is 0.0748. The number of hydrogen-bond donors (Lipinski definition) is 0. The number of rotatable bonds is 4. The van der Waals surface area contributed by atoms with Crippen LogP contribution in [0.5, 0.6) is 0 Å². The molecule has 0 radical (unpaired) electrons. The number of benzene rings is 2. The number of amides is 1. The maximum atomic E-state index is 12.9. The number of halogens is 1. The van der Waals surface area contributed by atoms with E-state index < -0.39 is 0 Å². The van der Waals surface area contributed by atoms with Gasteiger partial charge in [-0.15, -0.1) is 0 Å². The zero-order chi connectivity index (χ0) is 23.0. The predicted molar refractivity (Wildman–Crippen MR) is 130 cm³/mol. The highest BCUT2D eigenvalue weighted by atomic mass is 35.5. The normalized spacial score (nSPS) is 14.3. The Labute approximate surface area is 193 Å². The van der Waals surface area contributed by atoms with E-state index in [1.807, 2.05) is 49.1 Å². The summed E-state index contributed by atoms with van der Waals surface area (Å²) in [7, 11) is 0. The van der Waals surface area contributed by atoms with Crippen LogP contribution in [0.15, 0.2) is 35.1 Å².